The van der Waals surface area contributed by atoms with Crippen molar-refractivity contribution in [3.8, 4) is 0 Å². The van der Waals surface area contributed by atoms with E-state index in [-0.39, 0.29) is 6.04 Å². The number of rotatable bonds is 6. The van der Waals surface area contributed by atoms with E-state index in [0.29, 0.717) is 11.6 Å². The molecule has 3 nitrogen and oxygen atoms in total. The van der Waals surface area contributed by atoms with Crippen LogP contribution in [0.5, 0.6) is 0 Å². The third-order valence-corrected chi connectivity index (χ3v) is 3.43. The average Bonchev–Trinajstić information content (AvgIpc) is 2.43. The summed E-state index contributed by atoms with van der Waals surface area (Å²) >= 11 is 6.09. The molecule has 1 heterocycles. The zero-order valence-corrected chi connectivity index (χ0v) is 13.1. The number of hydrogen-bond acceptors (Lipinski definition) is 3. The van der Waals surface area contributed by atoms with Crippen molar-refractivity contribution in [1.82, 2.24) is 10.3 Å². The van der Waals surface area contributed by atoms with E-state index in [1.165, 1.54) is 0 Å². The van der Waals surface area contributed by atoms with Gasteiger partial charge in [0.1, 0.15) is 0 Å². The van der Waals surface area contributed by atoms with E-state index in [1.807, 2.05) is 36.5 Å². The fraction of sp³-hybridized carbons (Fsp3) is 0.353. The molecule has 0 spiro atoms. The molecule has 0 amide bonds. The van der Waals surface area contributed by atoms with Gasteiger partial charge in [-0.25, -0.2) is 0 Å². The first-order chi connectivity index (χ1) is 9.94. The van der Waals surface area contributed by atoms with Gasteiger partial charge in [0, 0.05) is 30.0 Å². The van der Waals surface area contributed by atoms with Crippen molar-refractivity contribution < 1.29 is 5.11 Å². The summed E-state index contributed by atoms with van der Waals surface area (Å²) in [5, 5.41) is 14.1. The number of halogens is 1. The number of nitrogens with one attached hydrogen (secondary N) is 1. The molecule has 0 unspecified atom stereocenters. The van der Waals surface area contributed by atoms with Gasteiger partial charge in [0.05, 0.1) is 5.60 Å². The Bertz CT molecular complexity index is 567. The highest BCUT2D eigenvalue weighted by molar-refractivity contribution is 6.30. The Labute approximate surface area is 131 Å². The average molecular weight is 305 g/mol. The van der Waals surface area contributed by atoms with Crippen LogP contribution >= 0.6 is 11.6 Å². The lowest BCUT2D eigenvalue weighted by molar-refractivity contribution is 0.0763. The third-order valence-electron chi connectivity index (χ3n) is 3.19. The number of aliphatic hydroxyl groups is 1. The van der Waals surface area contributed by atoms with E-state index in [9.17, 15) is 5.11 Å². The predicted molar refractivity (Wildman–Crippen MR) is 86.4 cm³/mol. The van der Waals surface area contributed by atoms with Gasteiger partial charge in [-0.15, -0.1) is 0 Å². The van der Waals surface area contributed by atoms with E-state index in [1.54, 1.807) is 20.0 Å². The lowest BCUT2D eigenvalue weighted by Crippen LogP contribution is -2.37. The second kappa shape index (κ2) is 7.03. The predicted octanol–water partition coefficient (Wildman–Crippen LogP) is 3.38. The first kappa shape index (κ1) is 16.0. The normalized spacial score (nSPS) is 13.1. The van der Waals surface area contributed by atoms with Gasteiger partial charge in [-0.2, -0.15) is 0 Å². The Kier molecular flexibility index (Phi) is 5.34. The van der Waals surface area contributed by atoms with Crippen molar-refractivity contribution in [2.75, 3.05) is 6.54 Å². The zero-order chi connectivity index (χ0) is 15.3. The molecule has 112 valence electrons. The summed E-state index contributed by atoms with van der Waals surface area (Å²) in [6.45, 7) is 4.09. The summed E-state index contributed by atoms with van der Waals surface area (Å²) in [5.74, 6) is 0. The summed E-state index contributed by atoms with van der Waals surface area (Å²) in [6.07, 6.45) is 4.43. The number of aromatic nitrogens is 1. The van der Waals surface area contributed by atoms with Crippen LogP contribution in [0.15, 0.2) is 48.8 Å². The molecular formula is C17H21ClN2O. The van der Waals surface area contributed by atoms with Crippen LogP contribution in [0.1, 0.15) is 31.0 Å². The first-order valence-electron chi connectivity index (χ1n) is 7.04. The van der Waals surface area contributed by atoms with E-state index in [4.69, 9.17) is 11.6 Å². The maximum atomic E-state index is 9.93. The molecule has 21 heavy (non-hydrogen) atoms. The van der Waals surface area contributed by atoms with Crippen LogP contribution < -0.4 is 5.32 Å². The molecule has 1 atom stereocenters. The van der Waals surface area contributed by atoms with Crippen LogP contribution in [-0.2, 0) is 6.42 Å². The Balaban J connectivity index is 2.17. The second-order valence-corrected chi connectivity index (χ2v) is 6.30. The minimum absolute atomic E-state index is 0.0827. The smallest absolute Gasteiger partial charge is 0.0715 e. The molecule has 2 N–H and O–H groups in total. The van der Waals surface area contributed by atoms with Gasteiger partial charge in [0.25, 0.3) is 0 Å². The zero-order valence-electron chi connectivity index (χ0n) is 12.4. The van der Waals surface area contributed by atoms with Gasteiger partial charge in [0.15, 0.2) is 0 Å². The molecule has 0 fully saturated rings. The van der Waals surface area contributed by atoms with E-state index < -0.39 is 5.60 Å². The van der Waals surface area contributed by atoms with Crippen molar-refractivity contribution in [2.24, 2.45) is 0 Å². The number of nitrogens with zero attached hydrogens (tertiary/aromatic N) is 1. The fourth-order valence-corrected chi connectivity index (χ4v) is 2.36. The van der Waals surface area contributed by atoms with Gasteiger partial charge in [-0.1, -0.05) is 29.8 Å². The van der Waals surface area contributed by atoms with Crippen molar-refractivity contribution in [3.63, 3.8) is 0 Å². The van der Waals surface area contributed by atoms with Gasteiger partial charge in [0.2, 0.25) is 0 Å². The Morgan fingerprint density at radius 1 is 1.29 bits per heavy atom. The highest BCUT2D eigenvalue weighted by atomic mass is 35.5. The number of hydrogen-bond donors (Lipinski definition) is 2. The quantitative estimate of drug-likeness (QED) is 0.860. The molecule has 1 aromatic heterocycles. The summed E-state index contributed by atoms with van der Waals surface area (Å²) in [7, 11) is 0. The first-order valence-corrected chi connectivity index (χ1v) is 7.42. The maximum Gasteiger partial charge on any atom is 0.0715 e. The molecule has 1 aromatic carbocycles. The minimum atomic E-state index is -0.758. The molecular weight excluding hydrogens is 284 g/mol. The largest absolute Gasteiger partial charge is 0.389 e. The van der Waals surface area contributed by atoms with Gasteiger partial charge >= 0.3 is 0 Å². The van der Waals surface area contributed by atoms with Crippen LogP contribution in [0.3, 0.4) is 0 Å². The SMILES string of the molecule is CC(C)(O)CN[C@@H](Cc1cccnc1)c1cccc(Cl)c1. The molecule has 4 heteroatoms. The Morgan fingerprint density at radius 3 is 2.71 bits per heavy atom. The molecule has 2 rings (SSSR count). The lowest BCUT2D eigenvalue weighted by Gasteiger charge is -2.25. The van der Waals surface area contributed by atoms with Crippen molar-refractivity contribution in [2.45, 2.75) is 31.9 Å². The van der Waals surface area contributed by atoms with E-state index in [2.05, 4.69) is 16.4 Å². The minimum Gasteiger partial charge on any atom is -0.389 e. The molecule has 0 bridgehead atoms. The molecule has 0 saturated carbocycles. The molecule has 0 aliphatic rings. The van der Waals surface area contributed by atoms with Gasteiger partial charge < -0.3 is 10.4 Å². The third kappa shape index (κ3) is 5.46. The topological polar surface area (TPSA) is 45.1 Å². The van der Waals surface area contributed by atoms with Crippen LogP contribution in [0.4, 0.5) is 0 Å². The van der Waals surface area contributed by atoms with E-state index in [0.717, 1.165) is 17.5 Å². The van der Waals surface area contributed by atoms with Gasteiger partial charge in [-0.3, -0.25) is 4.98 Å². The van der Waals surface area contributed by atoms with Gasteiger partial charge in [-0.05, 0) is 49.6 Å². The van der Waals surface area contributed by atoms with Crippen molar-refractivity contribution in [1.29, 1.82) is 0 Å². The monoisotopic (exact) mass is 304 g/mol. The fourth-order valence-electron chi connectivity index (χ4n) is 2.16. The van der Waals surface area contributed by atoms with E-state index >= 15 is 0 Å². The second-order valence-electron chi connectivity index (χ2n) is 5.87. The van der Waals surface area contributed by atoms with Crippen LogP contribution in [0, 0.1) is 0 Å². The summed E-state index contributed by atoms with van der Waals surface area (Å²) in [5.41, 5.74) is 1.49. The standard InChI is InChI=1S/C17H21ClN2O/c1-17(2,21)12-20-16(9-13-5-4-8-19-11-13)14-6-3-7-15(18)10-14/h3-8,10-11,16,20-21H,9,12H2,1-2H3/t16-/m0/s1. The van der Waals surface area contributed by atoms with Crippen molar-refractivity contribution >= 4 is 11.6 Å². The number of benzene rings is 1. The van der Waals surface area contributed by atoms with Crippen molar-refractivity contribution in [3.05, 3.63) is 64.9 Å². The lowest BCUT2D eigenvalue weighted by atomic mass is 9.98. The van der Waals surface area contributed by atoms with Crippen LogP contribution in [-0.4, -0.2) is 22.2 Å². The summed E-state index contributed by atoms with van der Waals surface area (Å²) in [6, 6.07) is 11.9. The summed E-state index contributed by atoms with van der Waals surface area (Å²) in [4.78, 5) is 4.15. The Hall–Kier alpha value is -1.42. The molecule has 0 aliphatic carbocycles. The maximum absolute atomic E-state index is 9.93. The molecule has 0 saturated heterocycles. The molecule has 2 aromatic rings. The molecule has 0 aliphatic heterocycles. The van der Waals surface area contributed by atoms with Crippen LogP contribution in [0.25, 0.3) is 0 Å². The highest BCUT2D eigenvalue weighted by Crippen LogP contribution is 2.22. The highest BCUT2D eigenvalue weighted by Gasteiger charge is 2.18. The Morgan fingerprint density at radius 2 is 2.10 bits per heavy atom. The number of pyridine rings is 1. The summed E-state index contributed by atoms with van der Waals surface area (Å²) < 4.78 is 0. The molecule has 0 radical (unpaired) electrons. The van der Waals surface area contributed by atoms with Crippen LogP contribution in [0.2, 0.25) is 5.02 Å².